The average molecular weight is 398 g/mol. The minimum Gasteiger partial charge on any atom is -0.439 e. The monoisotopic (exact) mass is 398 g/mol. The SMILES string of the molecule is CNc1ccc2ncnc(Nc3ccc(Oc4cc5nncn5cn4)c(C)c3)c2c1. The number of nitrogens with zero attached hydrogens (tertiary/aromatic N) is 6. The fraction of sp³-hybridized carbons (Fsp3) is 0.0952. The molecule has 3 aromatic heterocycles. The van der Waals surface area contributed by atoms with Gasteiger partial charge in [-0.25, -0.2) is 15.0 Å². The Morgan fingerprint density at radius 2 is 1.83 bits per heavy atom. The highest BCUT2D eigenvalue weighted by molar-refractivity contribution is 5.92. The van der Waals surface area contributed by atoms with Gasteiger partial charge >= 0.3 is 0 Å². The Labute approximate surface area is 171 Å². The molecule has 0 aliphatic heterocycles. The molecule has 0 aliphatic carbocycles. The molecule has 0 radical (unpaired) electrons. The van der Waals surface area contributed by atoms with Crippen LogP contribution >= 0.6 is 0 Å². The molecule has 0 amide bonds. The van der Waals surface area contributed by atoms with Gasteiger partial charge in [-0.05, 0) is 48.9 Å². The van der Waals surface area contributed by atoms with E-state index in [1.54, 1.807) is 29.4 Å². The second-order valence-corrected chi connectivity index (χ2v) is 6.74. The summed E-state index contributed by atoms with van der Waals surface area (Å²) in [6, 6.07) is 13.6. The van der Waals surface area contributed by atoms with Crippen molar-refractivity contribution in [3.63, 3.8) is 0 Å². The van der Waals surface area contributed by atoms with E-state index in [0.29, 0.717) is 17.3 Å². The van der Waals surface area contributed by atoms with E-state index in [2.05, 4.69) is 35.8 Å². The summed E-state index contributed by atoms with van der Waals surface area (Å²) < 4.78 is 7.66. The molecule has 9 heteroatoms. The summed E-state index contributed by atoms with van der Waals surface area (Å²) in [5, 5.41) is 15.3. The molecule has 2 aromatic carbocycles. The van der Waals surface area contributed by atoms with Crippen LogP contribution in [0.4, 0.5) is 17.2 Å². The normalized spacial score (nSPS) is 11.0. The van der Waals surface area contributed by atoms with Gasteiger partial charge in [0.1, 0.15) is 30.5 Å². The summed E-state index contributed by atoms with van der Waals surface area (Å²) in [6.45, 7) is 1.98. The number of aryl methyl sites for hydroxylation is 1. The number of benzene rings is 2. The van der Waals surface area contributed by atoms with Gasteiger partial charge in [-0.1, -0.05) is 0 Å². The lowest BCUT2D eigenvalue weighted by Gasteiger charge is -2.12. The Morgan fingerprint density at radius 1 is 0.933 bits per heavy atom. The summed E-state index contributed by atoms with van der Waals surface area (Å²) in [6.07, 6.45) is 4.77. The number of hydrogen-bond acceptors (Lipinski definition) is 8. The molecular formula is C21H18N8O. The molecule has 0 fully saturated rings. The van der Waals surface area contributed by atoms with E-state index >= 15 is 0 Å². The molecule has 0 bridgehead atoms. The van der Waals surface area contributed by atoms with Crippen molar-refractivity contribution in [2.75, 3.05) is 17.7 Å². The highest BCUT2D eigenvalue weighted by Crippen LogP contribution is 2.30. The summed E-state index contributed by atoms with van der Waals surface area (Å²) >= 11 is 0. The molecule has 0 aliphatic rings. The Hall–Kier alpha value is -4.27. The fourth-order valence-corrected chi connectivity index (χ4v) is 3.17. The van der Waals surface area contributed by atoms with E-state index in [4.69, 9.17) is 4.74 Å². The van der Waals surface area contributed by atoms with Gasteiger partial charge in [0.05, 0.1) is 5.52 Å². The van der Waals surface area contributed by atoms with Gasteiger partial charge in [0.15, 0.2) is 5.65 Å². The van der Waals surface area contributed by atoms with Crippen LogP contribution in [-0.4, -0.2) is 36.6 Å². The van der Waals surface area contributed by atoms with Gasteiger partial charge in [0.2, 0.25) is 5.88 Å². The van der Waals surface area contributed by atoms with Crippen LogP contribution in [-0.2, 0) is 0 Å². The van der Waals surface area contributed by atoms with Crippen LogP contribution in [0.1, 0.15) is 5.56 Å². The van der Waals surface area contributed by atoms with Crippen LogP contribution in [0, 0.1) is 6.92 Å². The van der Waals surface area contributed by atoms with E-state index in [1.807, 2.05) is 50.4 Å². The second kappa shape index (κ2) is 7.28. The summed E-state index contributed by atoms with van der Waals surface area (Å²) in [5.41, 5.74) is 4.40. The first-order valence-corrected chi connectivity index (χ1v) is 9.33. The average Bonchev–Trinajstić information content (AvgIpc) is 3.23. The highest BCUT2D eigenvalue weighted by Gasteiger charge is 2.09. The van der Waals surface area contributed by atoms with Crippen molar-refractivity contribution in [3.05, 3.63) is 67.0 Å². The third kappa shape index (κ3) is 3.32. The number of nitrogens with one attached hydrogen (secondary N) is 2. The molecule has 0 unspecified atom stereocenters. The maximum Gasteiger partial charge on any atom is 0.224 e. The van der Waals surface area contributed by atoms with Gasteiger partial charge in [0, 0.05) is 29.9 Å². The zero-order valence-electron chi connectivity index (χ0n) is 16.4. The van der Waals surface area contributed by atoms with E-state index in [1.165, 1.54) is 0 Å². The zero-order chi connectivity index (χ0) is 20.5. The van der Waals surface area contributed by atoms with E-state index in [0.717, 1.165) is 33.7 Å². The lowest BCUT2D eigenvalue weighted by atomic mass is 10.1. The predicted molar refractivity (Wildman–Crippen MR) is 114 cm³/mol. The molecular weight excluding hydrogens is 380 g/mol. The predicted octanol–water partition coefficient (Wildman–Crippen LogP) is 3.95. The molecule has 148 valence electrons. The van der Waals surface area contributed by atoms with Gasteiger partial charge in [-0.2, -0.15) is 0 Å². The molecule has 0 spiro atoms. The van der Waals surface area contributed by atoms with Crippen LogP contribution in [0.2, 0.25) is 0 Å². The van der Waals surface area contributed by atoms with Crippen LogP contribution in [0.25, 0.3) is 16.6 Å². The molecule has 3 heterocycles. The Kier molecular flexibility index (Phi) is 4.32. The Balaban J connectivity index is 1.41. The number of ether oxygens (including phenoxy) is 1. The number of hydrogen-bond donors (Lipinski definition) is 2. The quantitative estimate of drug-likeness (QED) is 0.459. The van der Waals surface area contributed by atoms with Crippen LogP contribution < -0.4 is 15.4 Å². The summed E-state index contributed by atoms with van der Waals surface area (Å²) in [4.78, 5) is 13.0. The molecule has 5 rings (SSSR count). The third-order valence-electron chi connectivity index (χ3n) is 4.74. The number of aromatic nitrogens is 6. The minimum absolute atomic E-state index is 0.459. The number of rotatable bonds is 5. The van der Waals surface area contributed by atoms with Crippen molar-refractivity contribution < 1.29 is 4.74 Å². The van der Waals surface area contributed by atoms with Crippen LogP contribution in [0.15, 0.2) is 61.4 Å². The molecule has 0 saturated heterocycles. The smallest absolute Gasteiger partial charge is 0.224 e. The molecule has 5 aromatic rings. The number of anilines is 3. The van der Waals surface area contributed by atoms with Gasteiger partial charge in [-0.3, -0.25) is 4.40 Å². The van der Waals surface area contributed by atoms with Gasteiger partial charge < -0.3 is 15.4 Å². The Bertz CT molecular complexity index is 1360. The van der Waals surface area contributed by atoms with E-state index in [-0.39, 0.29) is 0 Å². The van der Waals surface area contributed by atoms with Crippen LogP contribution in [0.5, 0.6) is 11.6 Å². The summed E-state index contributed by atoms with van der Waals surface area (Å²) in [5.74, 6) is 1.91. The van der Waals surface area contributed by atoms with Crippen molar-refractivity contribution in [3.8, 4) is 11.6 Å². The fourth-order valence-electron chi connectivity index (χ4n) is 3.17. The van der Waals surface area contributed by atoms with Crippen molar-refractivity contribution in [1.29, 1.82) is 0 Å². The van der Waals surface area contributed by atoms with Gasteiger partial charge in [0.25, 0.3) is 0 Å². The van der Waals surface area contributed by atoms with E-state index < -0.39 is 0 Å². The maximum atomic E-state index is 5.94. The highest BCUT2D eigenvalue weighted by atomic mass is 16.5. The van der Waals surface area contributed by atoms with Crippen molar-refractivity contribution in [2.24, 2.45) is 0 Å². The largest absolute Gasteiger partial charge is 0.439 e. The third-order valence-corrected chi connectivity index (χ3v) is 4.74. The molecule has 9 nitrogen and oxygen atoms in total. The van der Waals surface area contributed by atoms with Crippen molar-refractivity contribution in [1.82, 2.24) is 29.5 Å². The molecule has 0 saturated carbocycles. The molecule has 30 heavy (non-hydrogen) atoms. The first-order valence-electron chi connectivity index (χ1n) is 9.33. The van der Waals surface area contributed by atoms with Gasteiger partial charge in [-0.15, -0.1) is 10.2 Å². The zero-order valence-corrected chi connectivity index (χ0v) is 16.4. The molecule has 2 N–H and O–H groups in total. The standard InChI is InChI=1S/C21H18N8O/c1-13-7-15(27-21-16-8-14(22-2)3-5-17(16)23-10-24-21)4-6-18(13)30-20-9-19-28-26-12-29(19)11-25-20/h3-12,22H,1-2H3,(H,23,24,27). The lowest BCUT2D eigenvalue weighted by Crippen LogP contribution is -1.98. The van der Waals surface area contributed by atoms with Crippen LogP contribution in [0.3, 0.4) is 0 Å². The first-order chi connectivity index (χ1) is 14.7. The minimum atomic E-state index is 0.459. The van der Waals surface area contributed by atoms with E-state index in [9.17, 15) is 0 Å². The topological polar surface area (TPSA) is 102 Å². The maximum absolute atomic E-state index is 5.94. The van der Waals surface area contributed by atoms with Crippen molar-refractivity contribution >= 4 is 33.7 Å². The van der Waals surface area contributed by atoms with Crippen molar-refractivity contribution in [2.45, 2.75) is 6.92 Å². The first kappa shape index (κ1) is 17.8. The lowest BCUT2D eigenvalue weighted by molar-refractivity contribution is 0.458. The second-order valence-electron chi connectivity index (χ2n) is 6.74. The molecule has 0 atom stereocenters. The Morgan fingerprint density at radius 3 is 2.70 bits per heavy atom. The summed E-state index contributed by atoms with van der Waals surface area (Å²) in [7, 11) is 1.88. The number of fused-ring (bicyclic) bond motifs is 2.